The van der Waals surface area contributed by atoms with Crippen LogP contribution in [0.5, 0.6) is 11.5 Å². The zero-order chi connectivity index (χ0) is 21.7. The van der Waals surface area contributed by atoms with Gasteiger partial charge in [0.25, 0.3) is 0 Å². The number of methoxy groups -OCH3 is 4. The van der Waals surface area contributed by atoms with Crippen molar-refractivity contribution in [3.05, 3.63) is 23.8 Å². The Bertz CT molecular complexity index is 768. The first-order valence-corrected chi connectivity index (χ1v) is 10.2. The molecule has 0 saturated heterocycles. The SMILES string of the molecule is COCO[C@H]1C[C@@H]2C[C@H]1C(=O)C[C@@]2(CCNC(=O)OC)c1ccc(OC)c(OC)c1. The van der Waals surface area contributed by atoms with Crippen molar-refractivity contribution in [1.82, 2.24) is 5.32 Å². The van der Waals surface area contributed by atoms with Crippen molar-refractivity contribution in [2.45, 2.75) is 37.2 Å². The van der Waals surface area contributed by atoms with Gasteiger partial charge in [0.05, 0.1) is 27.4 Å². The van der Waals surface area contributed by atoms with Gasteiger partial charge in [-0.05, 0) is 42.9 Å². The molecule has 0 aliphatic heterocycles. The number of Topliss-reactive ketones (excluding diaryl/α,β-unsaturated/α-hetero) is 1. The molecule has 2 fully saturated rings. The van der Waals surface area contributed by atoms with Crippen LogP contribution in [0.1, 0.15) is 31.2 Å². The van der Waals surface area contributed by atoms with E-state index in [9.17, 15) is 9.59 Å². The Kier molecular flexibility index (Phi) is 7.20. The summed E-state index contributed by atoms with van der Waals surface area (Å²) in [6.45, 7) is 0.577. The highest BCUT2D eigenvalue weighted by molar-refractivity contribution is 5.85. The first kappa shape index (κ1) is 22.4. The number of hydrogen-bond donors (Lipinski definition) is 1. The normalized spacial score (nSPS) is 27.6. The van der Waals surface area contributed by atoms with Crippen molar-refractivity contribution in [2.75, 3.05) is 41.8 Å². The van der Waals surface area contributed by atoms with E-state index in [-0.39, 0.29) is 30.5 Å². The molecule has 0 radical (unpaired) electrons. The number of nitrogens with one attached hydrogen (secondary N) is 1. The van der Waals surface area contributed by atoms with Gasteiger partial charge >= 0.3 is 6.09 Å². The predicted molar refractivity (Wildman–Crippen MR) is 109 cm³/mol. The molecule has 0 heterocycles. The zero-order valence-electron chi connectivity index (χ0n) is 18.1. The lowest BCUT2D eigenvalue weighted by Crippen LogP contribution is -2.44. The summed E-state index contributed by atoms with van der Waals surface area (Å²) in [6.07, 6.45) is 1.92. The van der Waals surface area contributed by atoms with E-state index in [1.54, 1.807) is 21.3 Å². The van der Waals surface area contributed by atoms with Crippen LogP contribution < -0.4 is 14.8 Å². The summed E-state index contributed by atoms with van der Waals surface area (Å²) in [4.78, 5) is 24.8. The Labute approximate surface area is 177 Å². The van der Waals surface area contributed by atoms with Crippen LogP contribution in [0, 0.1) is 11.8 Å². The van der Waals surface area contributed by atoms with E-state index in [0.29, 0.717) is 30.9 Å². The third kappa shape index (κ3) is 4.25. The molecular weight excluding hydrogens is 390 g/mol. The van der Waals surface area contributed by atoms with Crippen LogP contribution in [-0.4, -0.2) is 59.8 Å². The molecule has 8 nitrogen and oxygen atoms in total. The fraction of sp³-hybridized carbons (Fsp3) is 0.636. The molecule has 1 amide bonds. The van der Waals surface area contributed by atoms with Crippen LogP contribution in [0.2, 0.25) is 0 Å². The van der Waals surface area contributed by atoms with Crippen molar-refractivity contribution in [1.29, 1.82) is 0 Å². The Balaban J connectivity index is 1.95. The number of ether oxygens (including phenoxy) is 5. The molecule has 30 heavy (non-hydrogen) atoms. The number of rotatable bonds is 9. The summed E-state index contributed by atoms with van der Waals surface area (Å²) in [5.41, 5.74) is 0.579. The average molecular weight is 421 g/mol. The molecule has 8 heteroatoms. The number of amides is 1. The molecule has 2 saturated carbocycles. The topological polar surface area (TPSA) is 92.3 Å². The minimum absolute atomic E-state index is 0.105. The smallest absolute Gasteiger partial charge is 0.406 e. The minimum Gasteiger partial charge on any atom is -0.493 e. The molecule has 0 unspecified atom stereocenters. The van der Waals surface area contributed by atoms with Crippen LogP contribution in [0.15, 0.2) is 18.2 Å². The monoisotopic (exact) mass is 421 g/mol. The number of carbonyl (C=O) groups excluding carboxylic acids is 2. The van der Waals surface area contributed by atoms with Crippen molar-refractivity contribution >= 4 is 11.9 Å². The Morgan fingerprint density at radius 3 is 2.57 bits per heavy atom. The first-order valence-electron chi connectivity index (χ1n) is 10.2. The first-order chi connectivity index (χ1) is 14.5. The molecule has 1 aromatic carbocycles. The van der Waals surface area contributed by atoms with Crippen LogP contribution in [0.4, 0.5) is 4.79 Å². The van der Waals surface area contributed by atoms with Crippen LogP contribution >= 0.6 is 0 Å². The van der Waals surface area contributed by atoms with Crippen LogP contribution in [-0.2, 0) is 24.4 Å². The van der Waals surface area contributed by atoms with Gasteiger partial charge in [0.1, 0.15) is 12.6 Å². The molecule has 1 N–H and O–H groups in total. The second-order valence-electron chi connectivity index (χ2n) is 7.92. The van der Waals surface area contributed by atoms with E-state index >= 15 is 0 Å². The lowest BCUT2D eigenvalue weighted by Gasteiger charge is -2.42. The largest absolute Gasteiger partial charge is 0.493 e. The van der Waals surface area contributed by atoms with E-state index in [1.165, 1.54) is 7.11 Å². The van der Waals surface area contributed by atoms with Gasteiger partial charge < -0.3 is 29.0 Å². The lowest BCUT2D eigenvalue weighted by molar-refractivity contribution is -0.133. The number of fused-ring (bicyclic) bond motifs is 2. The highest BCUT2D eigenvalue weighted by Gasteiger charge is 2.55. The maximum Gasteiger partial charge on any atom is 0.406 e. The molecule has 166 valence electrons. The summed E-state index contributed by atoms with van der Waals surface area (Å²) in [5, 5.41) is 2.76. The third-order valence-corrected chi connectivity index (χ3v) is 6.57. The number of hydrogen-bond acceptors (Lipinski definition) is 7. The summed E-state index contributed by atoms with van der Waals surface area (Å²) in [6, 6.07) is 5.82. The van der Waals surface area contributed by atoms with Crippen molar-refractivity contribution in [3.8, 4) is 11.5 Å². The highest BCUT2D eigenvalue weighted by atomic mass is 16.7. The highest BCUT2D eigenvalue weighted by Crippen LogP contribution is 2.55. The summed E-state index contributed by atoms with van der Waals surface area (Å²) < 4.78 is 26.5. The quantitative estimate of drug-likeness (QED) is 0.613. The van der Waals surface area contributed by atoms with Gasteiger partial charge in [-0.25, -0.2) is 4.79 Å². The van der Waals surface area contributed by atoms with Gasteiger partial charge in [0, 0.05) is 31.4 Å². The standard InChI is InChI=1S/C22H31NO7/c1-26-13-30-19-11-15-9-16(19)17(24)12-22(15,7-8-23-21(25)29-4)14-5-6-18(27-2)20(10-14)28-3/h5-6,10,15-16,19H,7-9,11-13H2,1-4H3,(H,23,25)/t15-,16-,19-,22-/m0/s1. The van der Waals surface area contributed by atoms with E-state index in [0.717, 1.165) is 18.4 Å². The fourth-order valence-electron chi connectivity index (χ4n) is 5.10. The second kappa shape index (κ2) is 9.66. The van der Waals surface area contributed by atoms with Gasteiger partial charge in [-0.15, -0.1) is 0 Å². The summed E-state index contributed by atoms with van der Waals surface area (Å²) >= 11 is 0. The molecular formula is C22H31NO7. The number of benzene rings is 1. The van der Waals surface area contributed by atoms with Crippen molar-refractivity contribution < 1.29 is 33.3 Å². The van der Waals surface area contributed by atoms with Crippen LogP contribution in [0.3, 0.4) is 0 Å². The third-order valence-electron chi connectivity index (χ3n) is 6.57. The molecule has 0 aromatic heterocycles. The number of ketones is 1. The molecule has 0 spiro atoms. The molecule has 2 aliphatic carbocycles. The second-order valence-corrected chi connectivity index (χ2v) is 7.92. The van der Waals surface area contributed by atoms with E-state index in [2.05, 4.69) is 5.32 Å². The average Bonchev–Trinajstić information content (AvgIpc) is 3.16. The summed E-state index contributed by atoms with van der Waals surface area (Å²) in [5.74, 6) is 1.58. The minimum atomic E-state index is -0.481. The van der Waals surface area contributed by atoms with Crippen molar-refractivity contribution in [2.24, 2.45) is 11.8 Å². The van der Waals surface area contributed by atoms with Crippen LogP contribution in [0.25, 0.3) is 0 Å². The summed E-state index contributed by atoms with van der Waals surface area (Å²) in [7, 11) is 6.11. The molecule has 1 aromatic rings. The van der Waals surface area contributed by atoms with E-state index < -0.39 is 11.5 Å². The fourth-order valence-corrected chi connectivity index (χ4v) is 5.10. The van der Waals surface area contributed by atoms with Gasteiger partial charge in [0.2, 0.25) is 0 Å². The molecule has 4 atom stereocenters. The van der Waals surface area contributed by atoms with Gasteiger partial charge in [-0.3, -0.25) is 4.79 Å². The lowest BCUT2D eigenvalue weighted by atomic mass is 9.61. The van der Waals surface area contributed by atoms with Crippen molar-refractivity contribution in [3.63, 3.8) is 0 Å². The maximum atomic E-state index is 13.2. The number of carbonyl (C=O) groups is 2. The van der Waals surface area contributed by atoms with E-state index in [1.807, 2.05) is 18.2 Å². The number of alkyl carbamates (subject to hydrolysis) is 1. The van der Waals surface area contributed by atoms with Gasteiger partial charge in [-0.1, -0.05) is 6.07 Å². The zero-order valence-corrected chi connectivity index (χ0v) is 18.1. The Morgan fingerprint density at radius 2 is 1.90 bits per heavy atom. The Hall–Kier alpha value is -2.32. The Morgan fingerprint density at radius 1 is 1.13 bits per heavy atom. The molecule has 2 aliphatic rings. The van der Waals surface area contributed by atoms with Gasteiger partial charge in [0.15, 0.2) is 11.5 Å². The van der Waals surface area contributed by atoms with E-state index in [4.69, 9.17) is 23.7 Å². The molecule has 2 bridgehead atoms. The maximum absolute atomic E-state index is 13.2. The molecule has 3 rings (SSSR count). The van der Waals surface area contributed by atoms with Gasteiger partial charge in [-0.2, -0.15) is 0 Å². The predicted octanol–water partition coefficient (Wildman–Crippen LogP) is 2.68.